The van der Waals surface area contributed by atoms with E-state index in [2.05, 4.69) is 41.7 Å². The van der Waals surface area contributed by atoms with Crippen LogP contribution in [0.3, 0.4) is 0 Å². The first kappa shape index (κ1) is 29.3. The van der Waals surface area contributed by atoms with Gasteiger partial charge in [0.15, 0.2) is 0 Å². The summed E-state index contributed by atoms with van der Waals surface area (Å²) in [4.78, 5) is 41.5. The van der Waals surface area contributed by atoms with E-state index in [1.54, 1.807) is 4.90 Å². The van der Waals surface area contributed by atoms with Crippen molar-refractivity contribution < 1.29 is 29.0 Å². The molecule has 0 aromatic heterocycles. The summed E-state index contributed by atoms with van der Waals surface area (Å²) < 4.78 is 11.8. The molecule has 8 rings (SSSR count). The highest BCUT2D eigenvalue weighted by Crippen LogP contribution is 2.46. The van der Waals surface area contributed by atoms with E-state index in [-0.39, 0.29) is 50.0 Å². The standard InChI is InChI=1S/C39H36N2O6/c42-36(43)39(40-37(44)46-22-34-30-16-5-1-12-26(30)27-13-2-6-17-31(27)34)20-24-10-9-11-25(21-39)41(24)38(45)47-23-35-32-18-7-3-14-28(32)29-15-4-8-19-33(29)35/h1-8,12-19,24-25,34-35H,9-11,20-23H2,(H,40,44)(H,42,43). The number of carbonyl (C=O) groups is 3. The molecule has 4 aliphatic rings. The minimum absolute atomic E-state index is 0.0654. The molecule has 2 saturated heterocycles. The van der Waals surface area contributed by atoms with Crippen LogP contribution in [-0.2, 0) is 14.3 Å². The molecule has 2 heterocycles. The number of carboxylic acid groups (broad SMARTS) is 1. The second-order valence-electron chi connectivity index (χ2n) is 13.2. The van der Waals surface area contributed by atoms with Crippen molar-refractivity contribution >= 4 is 18.2 Å². The lowest BCUT2D eigenvalue weighted by atomic mass is 9.73. The van der Waals surface area contributed by atoms with Gasteiger partial charge in [0, 0.05) is 36.8 Å². The molecule has 2 aliphatic heterocycles. The Morgan fingerprint density at radius 2 is 1.06 bits per heavy atom. The van der Waals surface area contributed by atoms with Crippen molar-refractivity contribution in [1.29, 1.82) is 0 Å². The van der Waals surface area contributed by atoms with Crippen molar-refractivity contribution in [2.24, 2.45) is 0 Å². The van der Waals surface area contributed by atoms with Gasteiger partial charge in [-0.2, -0.15) is 0 Å². The van der Waals surface area contributed by atoms with Gasteiger partial charge in [-0.1, -0.05) is 97.1 Å². The highest BCUT2D eigenvalue weighted by Gasteiger charge is 2.54. The number of aliphatic carboxylic acids is 1. The third-order valence-corrected chi connectivity index (χ3v) is 10.7. The van der Waals surface area contributed by atoms with Gasteiger partial charge in [-0.15, -0.1) is 0 Å². The number of alkyl carbamates (subject to hydrolysis) is 1. The second kappa shape index (κ2) is 11.6. The molecular formula is C39H36N2O6. The van der Waals surface area contributed by atoms with Gasteiger partial charge in [0.2, 0.25) is 0 Å². The van der Waals surface area contributed by atoms with Gasteiger partial charge < -0.3 is 24.8 Å². The van der Waals surface area contributed by atoms with E-state index >= 15 is 0 Å². The molecule has 2 N–H and O–H groups in total. The van der Waals surface area contributed by atoms with E-state index < -0.39 is 23.7 Å². The van der Waals surface area contributed by atoms with Crippen LogP contribution in [0.25, 0.3) is 22.3 Å². The van der Waals surface area contributed by atoms with E-state index in [1.165, 1.54) is 0 Å². The predicted molar refractivity (Wildman–Crippen MR) is 176 cm³/mol. The van der Waals surface area contributed by atoms with Gasteiger partial charge in [0.05, 0.1) is 0 Å². The van der Waals surface area contributed by atoms with Crippen LogP contribution in [0, 0.1) is 0 Å². The number of nitrogens with zero attached hydrogens (tertiary/aromatic N) is 1. The fourth-order valence-corrected chi connectivity index (χ4v) is 8.58. The zero-order valence-electron chi connectivity index (χ0n) is 25.9. The van der Waals surface area contributed by atoms with Crippen molar-refractivity contribution in [1.82, 2.24) is 10.2 Å². The molecule has 0 spiro atoms. The Bertz CT molecular complexity index is 1780. The number of amides is 2. The zero-order chi connectivity index (χ0) is 32.1. The minimum atomic E-state index is -1.54. The van der Waals surface area contributed by atoms with Gasteiger partial charge in [-0.3, -0.25) is 0 Å². The van der Waals surface area contributed by atoms with Crippen LogP contribution in [0.5, 0.6) is 0 Å². The molecule has 2 aliphatic carbocycles. The molecule has 2 unspecified atom stereocenters. The molecule has 4 aromatic rings. The van der Waals surface area contributed by atoms with Gasteiger partial charge in [0.25, 0.3) is 0 Å². The van der Waals surface area contributed by atoms with E-state index in [1.807, 2.05) is 60.7 Å². The Balaban J connectivity index is 0.951. The maximum absolute atomic E-state index is 13.7. The Kier molecular flexibility index (Phi) is 7.23. The van der Waals surface area contributed by atoms with Gasteiger partial charge in [-0.05, 0) is 63.8 Å². The topological polar surface area (TPSA) is 105 Å². The van der Waals surface area contributed by atoms with E-state index in [0.29, 0.717) is 12.8 Å². The number of carboxylic acids is 1. The highest BCUT2D eigenvalue weighted by molar-refractivity contribution is 5.86. The molecule has 2 bridgehead atoms. The lowest BCUT2D eigenvalue weighted by molar-refractivity contribution is -0.150. The molecule has 8 nitrogen and oxygen atoms in total. The summed E-state index contributed by atoms with van der Waals surface area (Å²) in [6.07, 6.45) is 1.15. The Labute approximate surface area is 273 Å². The number of carbonyl (C=O) groups excluding carboxylic acids is 2. The van der Waals surface area contributed by atoms with Crippen LogP contribution in [-0.4, -0.2) is 59.0 Å². The largest absolute Gasteiger partial charge is 0.480 e. The third-order valence-electron chi connectivity index (χ3n) is 10.7. The number of hydrogen-bond acceptors (Lipinski definition) is 5. The minimum Gasteiger partial charge on any atom is -0.480 e. The molecule has 4 aromatic carbocycles. The molecule has 8 heteroatoms. The number of nitrogens with one attached hydrogen (secondary N) is 1. The summed E-state index contributed by atoms with van der Waals surface area (Å²) in [5, 5.41) is 13.2. The SMILES string of the molecule is O=C(NC1(C(=O)O)CC2CCCC(C1)N2C(=O)OCC1c2ccccc2-c2ccccc21)OCC1c2ccccc2-c2ccccc21. The van der Waals surface area contributed by atoms with Crippen molar-refractivity contribution in [2.75, 3.05) is 13.2 Å². The molecule has 2 fully saturated rings. The number of piperidine rings is 2. The van der Waals surface area contributed by atoms with Crippen LogP contribution in [0.1, 0.15) is 66.2 Å². The summed E-state index contributed by atoms with van der Waals surface area (Å²) in [7, 11) is 0. The Hall–Kier alpha value is -5.11. The molecular weight excluding hydrogens is 592 g/mol. The Morgan fingerprint density at radius 3 is 1.49 bits per heavy atom. The van der Waals surface area contributed by atoms with Crippen molar-refractivity contribution in [2.45, 2.75) is 61.6 Å². The fourth-order valence-electron chi connectivity index (χ4n) is 8.58. The van der Waals surface area contributed by atoms with Gasteiger partial charge in [-0.25, -0.2) is 14.4 Å². The molecule has 2 amide bonds. The summed E-state index contributed by atoms with van der Waals surface area (Å²) in [6.45, 7) is 0.291. The van der Waals surface area contributed by atoms with Crippen LogP contribution in [0.15, 0.2) is 97.1 Å². The smallest absolute Gasteiger partial charge is 0.410 e. The van der Waals surface area contributed by atoms with Crippen molar-refractivity contribution in [3.63, 3.8) is 0 Å². The van der Waals surface area contributed by atoms with Crippen molar-refractivity contribution in [3.05, 3.63) is 119 Å². The number of rotatable bonds is 6. The zero-order valence-corrected chi connectivity index (χ0v) is 25.9. The van der Waals surface area contributed by atoms with Crippen molar-refractivity contribution in [3.8, 4) is 22.3 Å². The van der Waals surface area contributed by atoms with E-state index in [0.717, 1.165) is 50.9 Å². The highest BCUT2D eigenvalue weighted by atomic mass is 16.6. The molecule has 0 saturated carbocycles. The first-order valence-corrected chi connectivity index (χ1v) is 16.4. The number of benzene rings is 4. The number of fused-ring (bicyclic) bond motifs is 8. The van der Waals surface area contributed by atoms with Gasteiger partial charge >= 0.3 is 18.2 Å². The maximum atomic E-state index is 13.7. The molecule has 238 valence electrons. The number of hydrogen-bond donors (Lipinski definition) is 2. The average Bonchev–Trinajstić information content (AvgIpc) is 3.58. The van der Waals surface area contributed by atoms with E-state index in [4.69, 9.17) is 9.47 Å². The summed E-state index contributed by atoms with van der Waals surface area (Å²) in [6, 6.07) is 31.8. The average molecular weight is 629 g/mol. The monoisotopic (exact) mass is 628 g/mol. The summed E-state index contributed by atoms with van der Waals surface area (Å²) >= 11 is 0. The number of ether oxygens (including phenoxy) is 2. The fraction of sp³-hybridized carbons (Fsp3) is 0.308. The van der Waals surface area contributed by atoms with Crippen LogP contribution < -0.4 is 5.32 Å². The second-order valence-corrected chi connectivity index (χ2v) is 13.2. The first-order valence-electron chi connectivity index (χ1n) is 16.4. The first-order chi connectivity index (χ1) is 22.9. The normalized spacial score (nSPS) is 22.4. The molecule has 2 atom stereocenters. The van der Waals surface area contributed by atoms with Gasteiger partial charge in [0.1, 0.15) is 18.8 Å². The molecule has 47 heavy (non-hydrogen) atoms. The lowest BCUT2D eigenvalue weighted by Gasteiger charge is -2.51. The third kappa shape index (κ3) is 4.94. The quantitative estimate of drug-likeness (QED) is 0.232. The predicted octanol–water partition coefficient (Wildman–Crippen LogP) is 7.31. The van der Waals surface area contributed by atoms with Crippen LogP contribution in [0.2, 0.25) is 0 Å². The van der Waals surface area contributed by atoms with Crippen LogP contribution in [0.4, 0.5) is 9.59 Å². The molecule has 0 radical (unpaired) electrons. The summed E-state index contributed by atoms with van der Waals surface area (Å²) in [5.41, 5.74) is 7.45. The maximum Gasteiger partial charge on any atom is 0.410 e. The van der Waals surface area contributed by atoms with Crippen LogP contribution >= 0.6 is 0 Å². The summed E-state index contributed by atoms with van der Waals surface area (Å²) in [5.74, 6) is -1.32. The lowest BCUT2D eigenvalue weighted by Crippen LogP contribution is -2.67. The van der Waals surface area contributed by atoms with E-state index in [9.17, 15) is 19.5 Å². The Morgan fingerprint density at radius 1 is 0.660 bits per heavy atom.